The van der Waals surface area contributed by atoms with Crippen LogP contribution < -0.4 is 4.74 Å². The Kier molecular flexibility index (Phi) is 7.72. The van der Waals surface area contributed by atoms with Crippen LogP contribution in [0.5, 0.6) is 11.5 Å². The van der Waals surface area contributed by atoms with E-state index in [4.69, 9.17) is 4.74 Å². The van der Waals surface area contributed by atoms with Crippen molar-refractivity contribution in [2.45, 2.75) is 27.2 Å². The molecule has 0 atom stereocenters. The normalized spacial score (nSPS) is 11.2. The van der Waals surface area contributed by atoms with Gasteiger partial charge < -0.3 is 9.30 Å². The monoisotopic (exact) mass is 745 g/mol. The van der Waals surface area contributed by atoms with E-state index in [1.165, 1.54) is 40.6 Å². The molecule has 4 aromatic carbocycles. The second kappa shape index (κ2) is 11.6. The third-order valence-electron chi connectivity index (χ3n) is 7.59. The van der Waals surface area contributed by atoms with Crippen LogP contribution in [0.1, 0.15) is 23.6 Å². The molecule has 3 heterocycles. The van der Waals surface area contributed by atoms with E-state index >= 15 is 0 Å². The molecule has 0 fully saturated rings. The number of halogens is 1. The number of ether oxygens (including phenoxy) is 1. The van der Waals surface area contributed by atoms with E-state index in [9.17, 15) is 4.39 Å². The number of hydrogen-bond donors (Lipinski definition) is 0. The Morgan fingerprint density at radius 2 is 1.65 bits per heavy atom. The van der Waals surface area contributed by atoms with Gasteiger partial charge >= 0.3 is 21.1 Å². The first-order chi connectivity index (χ1) is 20.5. The Morgan fingerprint density at radius 3 is 2.44 bits per heavy atom. The van der Waals surface area contributed by atoms with Crippen LogP contribution in [0.15, 0.2) is 97.5 Å². The van der Waals surface area contributed by atoms with Gasteiger partial charge in [0.25, 0.3) is 0 Å². The van der Waals surface area contributed by atoms with Gasteiger partial charge in [-0.05, 0) is 65.7 Å². The molecule has 5 nitrogen and oxygen atoms in total. The maximum absolute atomic E-state index is 14.2. The van der Waals surface area contributed by atoms with Gasteiger partial charge in [-0.15, -0.1) is 35.7 Å². The number of fused-ring (bicyclic) bond motifs is 3. The molecule has 7 rings (SSSR count). The number of pyridine rings is 1. The summed E-state index contributed by atoms with van der Waals surface area (Å²) in [7, 11) is 0. The minimum Gasteiger partial charge on any atom is -0.509 e. The quantitative estimate of drug-likeness (QED) is 0.160. The van der Waals surface area contributed by atoms with E-state index in [0.29, 0.717) is 17.3 Å². The number of aromatic nitrogens is 4. The number of rotatable bonds is 6. The Labute approximate surface area is 263 Å². The van der Waals surface area contributed by atoms with Gasteiger partial charge in [0.15, 0.2) is 0 Å². The largest absolute Gasteiger partial charge is 2.00 e. The first-order valence-corrected chi connectivity index (χ1v) is 13.9. The molecule has 7 heteroatoms. The molecule has 0 saturated heterocycles. The van der Waals surface area contributed by atoms with Crippen LogP contribution in [0, 0.1) is 31.8 Å². The van der Waals surface area contributed by atoms with E-state index in [2.05, 4.69) is 55.1 Å². The van der Waals surface area contributed by atoms with Gasteiger partial charge in [0.1, 0.15) is 11.6 Å². The number of hydrogen-bond acceptors (Lipinski definition) is 3. The molecular weight excluding hydrogens is 718 g/mol. The molecule has 0 unspecified atom stereocenters. The fourth-order valence-electron chi connectivity index (χ4n) is 5.73. The van der Waals surface area contributed by atoms with Crippen LogP contribution in [0.3, 0.4) is 0 Å². The molecule has 0 aliphatic carbocycles. The fourth-order valence-corrected chi connectivity index (χ4v) is 5.73. The van der Waals surface area contributed by atoms with Gasteiger partial charge in [0.05, 0.1) is 6.20 Å². The summed E-state index contributed by atoms with van der Waals surface area (Å²) in [6.07, 6.45) is 6.40. The van der Waals surface area contributed by atoms with E-state index in [1.807, 2.05) is 76.2 Å². The number of para-hydroxylation sites is 1. The van der Waals surface area contributed by atoms with Gasteiger partial charge in [-0.2, -0.15) is 17.2 Å². The van der Waals surface area contributed by atoms with Gasteiger partial charge in [0, 0.05) is 41.0 Å². The zero-order chi connectivity index (χ0) is 28.8. The van der Waals surface area contributed by atoms with Crippen LogP contribution in [-0.2, 0) is 27.5 Å². The van der Waals surface area contributed by atoms with Crippen molar-refractivity contribution < 1.29 is 30.2 Å². The van der Waals surface area contributed by atoms with E-state index < -0.39 is 0 Å². The molecule has 0 aliphatic rings. The van der Waals surface area contributed by atoms with Gasteiger partial charge in [-0.1, -0.05) is 42.8 Å². The molecule has 0 aliphatic heterocycles. The Hall–Kier alpha value is -4.54. The molecule has 0 N–H and O–H groups in total. The standard InChI is InChI=1S/C36H27FN4O.Pt/c1-4-25-16-23(2)36(24(3)17-25)26-21-39-40(22-26)28-8-7-9-29(19-28)42-30-12-13-32-31-10-5-6-11-33(31)41(34(32)20-30)35-18-27(37)14-15-38-35;/h5-18,21-22H,4H2,1-3H3;/q-2;+2. The van der Waals surface area contributed by atoms with Crippen molar-refractivity contribution in [3.63, 3.8) is 0 Å². The minimum absolute atomic E-state index is 0. The smallest absolute Gasteiger partial charge is 0.509 e. The summed E-state index contributed by atoms with van der Waals surface area (Å²) >= 11 is 0. The second-order valence-corrected chi connectivity index (χ2v) is 10.4. The van der Waals surface area contributed by atoms with Crippen LogP contribution in [0.2, 0.25) is 0 Å². The first-order valence-electron chi connectivity index (χ1n) is 13.9. The van der Waals surface area contributed by atoms with Gasteiger partial charge in [0.2, 0.25) is 0 Å². The predicted molar refractivity (Wildman–Crippen MR) is 164 cm³/mol. The molecule has 0 bridgehead atoms. The summed E-state index contributed by atoms with van der Waals surface area (Å²) in [5.74, 6) is 1.17. The predicted octanol–water partition coefficient (Wildman–Crippen LogP) is 8.74. The summed E-state index contributed by atoms with van der Waals surface area (Å²) in [6, 6.07) is 31.6. The molecular formula is C36H27FN4OPt. The topological polar surface area (TPSA) is 44.9 Å². The maximum atomic E-state index is 14.2. The molecule has 0 saturated carbocycles. The van der Waals surface area contributed by atoms with Crippen LogP contribution in [0.4, 0.5) is 4.39 Å². The van der Waals surface area contributed by atoms with Gasteiger partial charge in [-0.3, -0.25) is 4.68 Å². The van der Waals surface area contributed by atoms with Gasteiger partial charge in [-0.25, -0.2) is 9.37 Å². The zero-order valence-electron chi connectivity index (χ0n) is 23.8. The molecule has 0 amide bonds. The van der Waals surface area contributed by atoms with E-state index in [1.54, 1.807) is 0 Å². The van der Waals surface area contributed by atoms with Crippen molar-refractivity contribution in [3.05, 3.63) is 132 Å². The van der Waals surface area contributed by atoms with E-state index in [-0.39, 0.29) is 26.9 Å². The summed E-state index contributed by atoms with van der Waals surface area (Å²) in [5.41, 5.74) is 8.51. The molecule has 3 aromatic heterocycles. The maximum Gasteiger partial charge on any atom is 2.00 e. The SMILES string of the molecule is CCc1cc(C)c(-c2cnn(-c3[c-]c(Oc4[c-]c5c(cc4)c4ccccc4n5-c4cc(F)ccn4)ccc3)c2)c(C)c1.[Pt+2]. The molecule has 43 heavy (non-hydrogen) atoms. The van der Waals surface area contributed by atoms with Crippen molar-refractivity contribution in [1.82, 2.24) is 19.3 Å². The molecule has 0 radical (unpaired) electrons. The van der Waals surface area contributed by atoms with Crippen molar-refractivity contribution in [3.8, 4) is 34.1 Å². The van der Waals surface area contributed by atoms with Crippen molar-refractivity contribution in [2.24, 2.45) is 0 Å². The Morgan fingerprint density at radius 1 is 0.860 bits per heavy atom. The van der Waals surface area contributed by atoms with Crippen molar-refractivity contribution in [1.29, 1.82) is 0 Å². The average molecular weight is 746 g/mol. The summed E-state index contributed by atoms with van der Waals surface area (Å²) in [5, 5.41) is 6.64. The Balaban J connectivity index is 0.00000329. The summed E-state index contributed by atoms with van der Waals surface area (Å²) < 4.78 is 24.1. The summed E-state index contributed by atoms with van der Waals surface area (Å²) in [6.45, 7) is 6.47. The number of nitrogens with zero attached hydrogens (tertiary/aromatic N) is 4. The fraction of sp³-hybridized carbons (Fsp3) is 0.111. The molecule has 0 spiro atoms. The third-order valence-corrected chi connectivity index (χ3v) is 7.59. The van der Waals surface area contributed by atoms with Crippen LogP contribution in [0.25, 0.3) is 44.4 Å². The second-order valence-electron chi connectivity index (χ2n) is 10.4. The van der Waals surface area contributed by atoms with Crippen LogP contribution in [-0.4, -0.2) is 19.3 Å². The molecule has 7 aromatic rings. The van der Waals surface area contributed by atoms with Crippen molar-refractivity contribution in [2.75, 3.05) is 0 Å². The van der Waals surface area contributed by atoms with E-state index in [0.717, 1.165) is 39.5 Å². The summed E-state index contributed by atoms with van der Waals surface area (Å²) in [4.78, 5) is 4.43. The Bertz CT molecular complexity index is 2090. The average Bonchev–Trinajstić information content (AvgIpc) is 3.60. The third kappa shape index (κ3) is 5.28. The van der Waals surface area contributed by atoms with Crippen molar-refractivity contribution >= 4 is 21.8 Å². The number of benzene rings is 4. The first kappa shape index (κ1) is 28.6. The minimum atomic E-state index is -0.352. The zero-order valence-corrected chi connectivity index (χ0v) is 26.1. The number of aryl methyl sites for hydroxylation is 3. The van der Waals surface area contributed by atoms with Crippen LogP contribution >= 0.6 is 0 Å². The molecule has 214 valence electrons.